The van der Waals surface area contributed by atoms with Gasteiger partial charge in [-0.15, -0.1) is 0 Å². The van der Waals surface area contributed by atoms with Gasteiger partial charge in [0.05, 0.1) is 12.3 Å². The maximum Gasteiger partial charge on any atom is 0.210 e. The van der Waals surface area contributed by atoms with Gasteiger partial charge in [-0.1, -0.05) is 54.6 Å². The minimum atomic E-state index is 0.673. The lowest BCUT2D eigenvalue weighted by Gasteiger charge is -2.24. The van der Waals surface area contributed by atoms with Crippen LogP contribution in [-0.2, 0) is 0 Å². The van der Waals surface area contributed by atoms with Crippen molar-refractivity contribution in [2.75, 3.05) is 24.6 Å². The van der Waals surface area contributed by atoms with Gasteiger partial charge in [-0.25, -0.2) is 0 Å². The van der Waals surface area contributed by atoms with E-state index in [9.17, 15) is 0 Å². The van der Waals surface area contributed by atoms with Gasteiger partial charge in [-0.2, -0.15) is 0 Å². The highest BCUT2D eigenvalue weighted by atomic mass is 16.5. The molecule has 0 bridgehead atoms. The van der Waals surface area contributed by atoms with Gasteiger partial charge >= 0.3 is 0 Å². The Morgan fingerprint density at radius 2 is 1.52 bits per heavy atom. The van der Waals surface area contributed by atoms with Gasteiger partial charge in [-0.05, 0) is 60.7 Å². The van der Waals surface area contributed by atoms with Crippen LogP contribution >= 0.6 is 0 Å². The zero-order valence-corrected chi connectivity index (χ0v) is 17.9. The standard InChI is InChI=1S/C27H27N3O/c1-2-31-25-16-14-24(15-17-25)30-20-26(29-19-7-6-18-28-27(29)30)23-12-10-22(11-13-23)21-8-4-3-5-9-21/h3-5,8-17,20H,2,6-7,18-19H2,1H3. The van der Waals surface area contributed by atoms with Gasteiger partial charge in [0, 0.05) is 25.0 Å². The highest BCUT2D eigenvalue weighted by molar-refractivity contribution is 6.08. The van der Waals surface area contributed by atoms with Crippen molar-refractivity contribution in [3.8, 4) is 16.9 Å². The molecular formula is C27H27N3O. The van der Waals surface area contributed by atoms with Crippen LogP contribution in [0.3, 0.4) is 0 Å². The van der Waals surface area contributed by atoms with Crippen LogP contribution < -0.4 is 9.64 Å². The third-order valence-corrected chi connectivity index (χ3v) is 5.76. The van der Waals surface area contributed by atoms with Gasteiger partial charge in [0.15, 0.2) is 0 Å². The zero-order chi connectivity index (χ0) is 21.0. The number of benzene rings is 3. The van der Waals surface area contributed by atoms with Gasteiger partial charge in [0.1, 0.15) is 5.75 Å². The van der Waals surface area contributed by atoms with E-state index in [2.05, 4.69) is 82.7 Å². The fourth-order valence-corrected chi connectivity index (χ4v) is 4.18. The topological polar surface area (TPSA) is 28.1 Å². The fourth-order valence-electron chi connectivity index (χ4n) is 4.18. The van der Waals surface area contributed by atoms with E-state index in [1.807, 2.05) is 19.1 Å². The molecular weight excluding hydrogens is 382 g/mol. The van der Waals surface area contributed by atoms with Crippen molar-refractivity contribution in [2.45, 2.75) is 19.8 Å². The number of hydrogen-bond donors (Lipinski definition) is 0. The monoisotopic (exact) mass is 409 g/mol. The van der Waals surface area contributed by atoms with E-state index in [4.69, 9.17) is 9.73 Å². The predicted molar refractivity (Wildman–Crippen MR) is 128 cm³/mol. The summed E-state index contributed by atoms with van der Waals surface area (Å²) in [6, 6.07) is 27.6. The molecule has 3 aromatic carbocycles. The molecule has 0 spiro atoms. The molecule has 5 rings (SSSR count). The van der Waals surface area contributed by atoms with E-state index in [-0.39, 0.29) is 0 Å². The number of nitrogens with zero attached hydrogens (tertiary/aromatic N) is 3. The Kier molecular flexibility index (Phi) is 5.44. The molecule has 2 heterocycles. The molecule has 0 fully saturated rings. The largest absolute Gasteiger partial charge is 0.494 e. The normalized spacial score (nSPS) is 15.8. The average molecular weight is 410 g/mol. The lowest BCUT2D eigenvalue weighted by atomic mass is 10.0. The van der Waals surface area contributed by atoms with E-state index in [1.54, 1.807) is 0 Å². The number of hydrogen-bond acceptors (Lipinski definition) is 4. The van der Waals surface area contributed by atoms with E-state index in [0.29, 0.717) is 6.61 Å². The van der Waals surface area contributed by atoms with E-state index < -0.39 is 0 Å². The zero-order valence-electron chi connectivity index (χ0n) is 17.9. The third-order valence-electron chi connectivity index (χ3n) is 5.76. The molecule has 0 saturated heterocycles. The van der Waals surface area contributed by atoms with Crippen molar-refractivity contribution in [1.29, 1.82) is 0 Å². The second-order valence-corrected chi connectivity index (χ2v) is 7.80. The van der Waals surface area contributed by atoms with Crippen LogP contribution in [0.5, 0.6) is 5.75 Å². The first-order chi connectivity index (χ1) is 15.3. The average Bonchev–Trinajstić information content (AvgIpc) is 3.01. The number of aliphatic imine (C=N–C) groups is 1. The van der Waals surface area contributed by atoms with Crippen molar-refractivity contribution in [1.82, 2.24) is 4.90 Å². The Morgan fingerprint density at radius 1 is 0.806 bits per heavy atom. The van der Waals surface area contributed by atoms with Crippen LogP contribution in [0.25, 0.3) is 16.8 Å². The molecule has 3 aromatic rings. The first kappa shape index (κ1) is 19.4. The first-order valence-corrected chi connectivity index (χ1v) is 11.1. The summed E-state index contributed by atoms with van der Waals surface area (Å²) < 4.78 is 5.61. The van der Waals surface area contributed by atoms with Crippen molar-refractivity contribution in [3.63, 3.8) is 0 Å². The quantitative estimate of drug-likeness (QED) is 0.516. The van der Waals surface area contributed by atoms with Gasteiger partial charge in [0.2, 0.25) is 5.96 Å². The van der Waals surface area contributed by atoms with Crippen LogP contribution in [0.1, 0.15) is 25.3 Å². The minimum Gasteiger partial charge on any atom is -0.494 e. The van der Waals surface area contributed by atoms with Crippen LogP contribution in [0.2, 0.25) is 0 Å². The second-order valence-electron chi connectivity index (χ2n) is 7.80. The van der Waals surface area contributed by atoms with Crippen molar-refractivity contribution in [2.24, 2.45) is 4.99 Å². The summed E-state index contributed by atoms with van der Waals surface area (Å²) >= 11 is 0. The van der Waals surface area contributed by atoms with Crippen molar-refractivity contribution >= 4 is 17.3 Å². The SMILES string of the molecule is CCOc1ccc(N2C=C(c3ccc(-c4ccccc4)cc3)N3CCCCN=C32)cc1. The summed E-state index contributed by atoms with van der Waals surface area (Å²) in [7, 11) is 0. The van der Waals surface area contributed by atoms with Gasteiger partial charge < -0.3 is 9.64 Å². The van der Waals surface area contributed by atoms with E-state index >= 15 is 0 Å². The van der Waals surface area contributed by atoms with Crippen LogP contribution in [-0.4, -0.2) is 30.6 Å². The Balaban J connectivity index is 1.48. The molecule has 0 N–H and O–H groups in total. The lowest BCUT2D eigenvalue weighted by molar-refractivity contribution is 0.340. The molecule has 2 aliphatic heterocycles. The lowest BCUT2D eigenvalue weighted by Crippen LogP contribution is -2.34. The maximum atomic E-state index is 5.61. The third kappa shape index (κ3) is 3.93. The number of rotatable bonds is 5. The molecule has 4 heteroatoms. The molecule has 0 unspecified atom stereocenters. The smallest absolute Gasteiger partial charge is 0.210 e. The molecule has 0 aromatic heterocycles. The maximum absolute atomic E-state index is 5.61. The summed E-state index contributed by atoms with van der Waals surface area (Å²) in [5.41, 5.74) is 5.99. The molecule has 0 aliphatic carbocycles. The summed E-state index contributed by atoms with van der Waals surface area (Å²) in [5.74, 6) is 1.91. The van der Waals surface area contributed by atoms with E-state index in [0.717, 1.165) is 43.3 Å². The minimum absolute atomic E-state index is 0.673. The molecule has 156 valence electrons. The summed E-state index contributed by atoms with van der Waals surface area (Å²) in [4.78, 5) is 9.50. The summed E-state index contributed by atoms with van der Waals surface area (Å²) in [5, 5.41) is 0. The Labute approximate surface area is 184 Å². The highest BCUT2D eigenvalue weighted by Gasteiger charge is 2.31. The Bertz CT molecular complexity index is 1090. The predicted octanol–water partition coefficient (Wildman–Crippen LogP) is 6.02. The molecule has 31 heavy (non-hydrogen) atoms. The van der Waals surface area contributed by atoms with Crippen LogP contribution in [0.4, 0.5) is 5.69 Å². The van der Waals surface area contributed by atoms with Gasteiger partial charge in [-0.3, -0.25) is 9.89 Å². The molecule has 4 nitrogen and oxygen atoms in total. The molecule has 0 saturated carbocycles. The van der Waals surface area contributed by atoms with E-state index in [1.165, 1.54) is 22.4 Å². The highest BCUT2D eigenvalue weighted by Crippen LogP contribution is 2.34. The summed E-state index contributed by atoms with van der Waals surface area (Å²) in [6.07, 6.45) is 4.48. The fraction of sp³-hybridized carbons (Fsp3) is 0.222. The summed E-state index contributed by atoms with van der Waals surface area (Å²) in [6.45, 7) is 4.53. The molecule has 2 aliphatic rings. The molecule has 0 atom stereocenters. The Hall–Kier alpha value is -3.53. The number of ether oxygens (including phenoxy) is 1. The number of anilines is 1. The van der Waals surface area contributed by atoms with Gasteiger partial charge in [0.25, 0.3) is 0 Å². The van der Waals surface area contributed by atoms with Crippen LogP contribution in [0.15, 0.2) is 90.1 Å². The number of guanidine groups is 1. The van der Waals surface area contributed by atoms with Crippen LogP contribution in [0, 0.1) is 0 Å². The first-order valence-electron chi connectivity index (χ1n) is 11.1. The molecule has 0 radical (unpaired) electrons. The number of fused-ring (bicyclic) bond motifs is 1. The molecule has 0 amide bonds. The van der Waals surface area contributed by atoms with Crippen molar-refractivity contribution in [3.05, 3.63) is 90.6 Å². The Morgan fingerprint density at radius 3 is 2.26 bits per heavy atom. The van der Waals surface area contributed by atoms with Crippen molar-refractivity contribution < 1.29 is 4.74 Å². The second kappa shape index (κ2) is 8.68.